The summed E-state index contributed by atoms with van der Waals surface area (Å²) in [5.41, 5.74) is -0.198. The van der Waals surface area contributed by atoms with Crippen LogP contribution in [0.1, 0.15) is 45.4 Å². The van der Waals surface area contributed by atoms with Crippen LogP contribution in [0.3, 0.4) is 0 Å². The number of fused-ring (bicyclic) bond motifs is 1. The summed E-state index contributed by atoms with van der Waals surface area (Å²) in [6.07, 6.45) is 5.87. The van der Waals surface area contributed by atoms with Crippen molar-refractivity contribution in [1.29, 1.82) is 0 Å². The third-order valence-electron chi connectivity index (χ3n) is 4.38. The van der Waals surface area contributed by atoms with Crippen molar-refractivity contribution in [3.05, 3.63) is 0 Å². The van der Waals surface area contributed by atoms with Crippen molar-refractivity contribution in [1.82, 2.24) is 0 Å². The van der Waals surface area contributed by atoms with Crippen LogP contribution in [0, 0.1) is 11.3 Å². The minimum atomic E-state index is -0.276. The molecule has 0 aromatic rings. The second-order valence-electron chi connectivity index (χ2n) is 4.96. The van der Waals surface area contributed by atoms with Crippen LogP contribution in [0.15, 0.2) is 0 Å². The van der Waals surface area contributed by atoms with Gasteiger partial charge in [0.15, 0.2) is 0 Å². The van der Waals surface area contributed by atoms with E-state index in [1.807, 2.05) is 0 Å². The van der Waals surface area contributed by atoms with Crippen molar-refractivity contribution in [2.45, 2.75) is 57.7 Å². The van der Waals surface area contributed by atoms with Crippen molar-refractivity contribution in [2.75, 3.05) is 0 Å². The maximum atomic E-state index is 9.97. The van der Waals surface area contributed by atoms with Crippen LogP contribution in [0.4, 0.5) is 0 Å². The Morgan fingerprint density at radius 2 is 1.38 bits per heavy atom. The fourth-order valence-electron chi connectivity index (χ4n) is 3.27. The molecule has 2 aliphatic rings. The molecule has 2 nitrogen and oxygen atoms in total. The lowest BCUT2D eigenvalue weighted by atomic mass is 9.58. The number of aliphatic hydroxyl groups excluding tert-OH is 2. The fraction of sp³-hybridized carbons (Fsp3) is 1.00. The molecule has 0 heterocycles. The number of hydrogen-bond donors (Lipinski definition) is 2. The minimum Gasteiger partial charge on any atom is -0.392 e. The lowest BCUT2D eigenvalue weighted by Crippen LogP contribution is -2.52. The molecule has 2 fully saturated rings. The lowest BCUT2D eigenvalue weighted by molar-refractivity contribution is -0.138. The highest BCUT2D eigenvalue weighted by atomic mass is 16.3. The Kier molecular flexibility index (Phi) is 2.37. The molecular weight excluding hydrogens is 164 g/mol. The van der Waals surface area contributed by atoms with Gasteiger partial charge < -0.3 is 10.2 Å². The molecule has 2 aliphatic carbocycles. The summed E-state index contributed by atoms with van der Waals surface area (Å²) in [5.74, 6) is 0.556. The molecule has 2 N–H and O–H groups in total. The van der Waals surface area contributed by atoms with E-state index in [0.717, 1.165) is 25.7 Å². The summed E-state index contributed by atoms with van der Waals surface area (Å²) in [5, 5.41) is 19.9. The summed E-state index contributed by atoms with van der Waals surface area (Å²) in [6, 6.07) is 0. The van der Waals surface area contributed by atoms with Gasteiger partial charge in [-0.1, -0.05) is 19.8 Å². The molecule has 0 spiro atoms. The van der Waals surface area contributed by atoms with Crippen LogP contribution in [0.5, 0.6) is 0 Å². The third kappa shape index (κ3) is 1.31. The van der Waals surface area contributed by atoms with Crippen LogP contribution in [0.25, 0.3) is 0 Å². The van der Waals surface area contributed by atoms with E-state index in [-0.39, 0.29) is 17.6 Å². The Labute approximate surface area is 80.0 Å². The SMILES string of the molecule is CC12C(O)CCCC1CCCC2O. The van der Waals surface area contributed by atoms with Crippen molar-refractivity contribution in [3.8, 4) is 0 Å². The predicted molar refractivity (Wildman–Crippen MR) is 51.3 cm³/mol. The van der Waals surface area contributed by atoms with E-state index < -0.39 is 0 Å². The Morgan fingerprint density at radius 3 is 1.77 bits per heavy atom. The van der Waals surface area contributed by atoms with Gasteiger partial charge in [0.05, 0.1) is 12.2 Å². The van der Waals surface area contributed by atoms with Gasteiger partial charge in [-0.2, -0.15) is 0 Å². The first-order valence-electron chi connectivity index (χ1n) is 5.52. The molecular formula is C11H20O2. The molecule has 2 rings (SSSR count). The van der Waals surface area contributed by atoms with Gasteiger partial charge in [-0.3, -0.25) is 0 Å². The summed E-state index contributed by atoms with van der Waals surface area (Å²) in [4.78, 5) is 0. The summed E-state index contributed by atoms with van der Waals surface area (Å²) in [6.45, 7) is 2.07. The molecule has 13 heavy (non-hydrogen) atoms. The first-order valence-corrected chi connectivity index (χ1v) is 5.52. The summed E-state index contributed by atoms with van der Waals surface area (Å²) < 4.78 is 0. The second kappa shape index (κ2) is 3.25. The van der Waals surface area contributed by atoms with Crippen LogP contribution in [-0.4, -0.2) is 22.4 Å². The van der Waals surface area contributed by atoms with E-state index >= 15 is 0 Å². The fourth-order valence-corrected chi connectivity index (χ4v) is 3.27. The van der Waals surface area contributed by atoms with Gasteiger partial charge in [0.2, 0.25) is 0 Å². The Bertz CT molecular complexity index is 175. The molecule has 0 radical (unpaired) electrons. The Hall–Kier alpha value is -0.0800. The zero-order chi connectivity index (χ0) is 9.47. The van der Waals surface area contributed by atoms with E-state index in [2.05, 4.69) is 6.92 Å². The lowest BCUT2D eigenvalue weighted by Gasteiger charge is -2.51. The maximum absolute atomic E-state index is 9.97. The molecule has 0 aromatic carbocycles. The highest BCUT2D eigenvalue weighted by molar-refractivity contribution is 4.99. The first kappa shape index (κ1) is 9.47. The molecule has 2 saturated carbocycles. The van der Waals surface area contributed by atoms with Gasteiger partial charge in [0.25, 0.3) is 0 Å². The van der Waals surface area contributed by atoms with Gasteiger partial charge in [0, 0.05) is 5.41 Å². The van der Waals surface area contributed by atoms with Gasteiger partial charge >= 0.3 is 0 Å². The number of aliphatic hydroxyl groups is 2. The molecule has 2 atom stereocenters. The number of rotatable bonds is 0. The predicted octanol–water partition coefficient (Wildman–Crippen LogP) is 1.70. The highest BCUT2D eigenvalue weighted by Crippen LogP contribution is 2.50. The smallest absolute Gasteiger partial charge is 0.0621 e. The summed E-state index contributed by atoms with van der Waals surface area (Å²) in [7, 11) is 0. The van der Waals surface area contributed by atoms with E-state index in [0.29, 0.717) is 5.92 Å². The standard InChI is InChI=1S/C11H20O2/c1-11-8(4-2-6-9(11)12)5-3-7-10(11)13/h8-10,12-13H,2-7H2,1H3. The largest absolute Gasteiger partial charge is 0.392 e. The molecule has 0 amide bonds. The van der Waals surface area contributed by atoms with Crippen molar-refractivity contribution >= 4 is 0 Å². The van der Waals surface area contributed by atoms with Crippen molar-refractivity contribution in [2.24, 2.45) is 11.3 Å². The molecule has 0 aromatic heterocycles. The molecule has 0 bridgehead atoms. The molecule has 0 saturated heterocycles. The zero-order valence-electron chi connectivity index (χ0n) is 8.37. The number of hydrogen-bond acceptors (Lipinski definition) is 2. The van der Waals surface area contributed by atoms with Crippen LogP contribution in [0.2, 0.25) is 0 Å². The zero-order valence-corrected chi connectivity index (χ0v) is 8.37. The molecule has 2 heteroatoms. The second-order valence-corrected chi connectivity index (χ2v) is 4.96. The van der Waals surface area contributed by atoms with Gasteiger partial charge in [-0.15, -0.1) is 0 Å². The normalized spacial score (nSPS) is 51.5. The van der Waals surface area contributed by atoms with E-state index in [1.165, 1.54) is 12.8 Å². The minimum absolute atomic E-state index is 0.198. The topological polar surface area (TPSA) is 40.5 Å². The highest BCUT2D eigenvalue weighted by Gasteiger charge is 2.49. The van der Waals surface area contributed by atoms with E-state index in [1.54, 1.807) is 0 Å². The monoisotopic (exact) mass is 184 g/mol. The van der Waals surface area contributed by atoms with Gasteiger partial charge in [0.1, 0.15) is 0 Å². The molecule has 2 unspecified atom stereocenters. The average Bonchev–Trinajstić information content (AvgIpc) is 2.10. The molecule has 0 aliphatic heterocycles. The van der Waals surface area contributed by atoms with Gasteiger partial charge in [-0.25, -0.2) is 0 Å². The third-order valence-corrected chi connectivity index (χ3v) is 4.38. The first-order chi connectivity index (χ1) is 6.15. The average molecular weight is 184 g/mol. The van der Waals surface area contributed by atoms with Crippen LogP contribution >= 0.6 is 0 Å². The van der Waals surface area contributed by atoms with Crippen LogP contribution < -0.4 is 0 Å². The van der Waals surface area contributed by atoms with Crippen molar-refractivity contribution < 1.29 is 10.2 Å². The van der Waals surface area contributed by atoms with E-state index in [4.69, 9.17) is 0 Å². The quantitative estimate of drug-likeness (QED) is 0.601. The summed E-state index contributed by atoms with van der Waals surface area (Å²) >= 11 is 0. The Balaban J connectivity index is 2.22. The van der Waals surface area contributed by atoms with Crippen molar-refractivity contribution in [3.63, 3.8) is 0 Å². The maximum Gasteiger partial charge on any atom is 0.0621 e. The molecule has 76 valence electrons. The Morgan fingerprint density at radius 1 is 0.923 bits per heavy atom. The van der Waals surface area contributed by atoms with Crippen LogP contribution in [-0.2, 0) is 0 Å². The van der Waals surface area contributed by atoms with E-state index in [9.17, 15) is 10.2 Å². The van der Waals surface area contributed by atoms with Gasteiger partial charge in [-0.05, 0) is 31.6 Å².